The predicted molar refractivity (Wildman–Crippen MR) is 126 cm³/mol. The van der Waals surface area contributed by atoms with Gasteiger partial charge >= 0.3 is 0 Å². The van der Waals surface area contributed by atoms with Gasteiger partial charge in [0.15, 0.2) is 6.23 Å². The number of hydrogen-bond acceptors (Lipinski definition) is 6. The van der Waals surface area contributed by atoms with E-state index >= 15 is 0 Å². The summed E-state index contributed by atoms with van der Waals surface area (Å²) < 4.78 is 0. The molecule has 1 aromatic rings. The summed E-state index contributed by atoms with van der Waals surface area (Å²) in [6.45, 7) is 2.82. The SMILES string of the molecule is CN(CCCNc1cccc2c1C(O)N(C1CCC(=O)NC1=O)C2=O)CCCC1CCCC1. The van der Waals surface area contributed by atoms with Crippen LogP contribution in [0.3, 0.4) is 0 Å². The van der Waals surface area contributed by atoms with Crippen molar-refractivity contribution in [1.29, 1.82) is 0 Å². The van der Waals surface area contributed by atoms with E-state index in [1.54, 1.807) is 12.1 Å². The van der Waals surface area contributed by atoms with E-state index in [1.807, 2.05) is 6.07 Å². The third kappa shape index (κ3) is 5.38. The Morgan fingerprint density at radius 3 is 2.64 bits per heavy atom. The van der Waals surface area contributed by atoms with E-state index < -0.39 is 18.2 Å². The molecule has 8 nitrogen and oxygen atoms in total. The van der Waals surface area contributed by atoms with Gasteiger partial charge < -0.3 is 15.3 Å². The number of hydrogen-bond donors (Lipinski definition) is 3. The molecule has 0 radical (unpaired) electrons. The van der Waals surface area contributed by atoms with Gasteiger partial charge in [0.2, 0.25) is 11.8 Å². The molecule has 0 bridgehead atoms. The minimum atomic E-state index is -1.21. The van der Waals surface area contributed by atoms with Crippen LogP contribution in [0.25, 0.3) is 0 Å². The molecule has 33 heavy (non-hydrogen) atoms. The second-order valence-corrected chi connectivity index (χ2v) is 9.70. The highest BCUT2D eigenvalue weighted by molar-refractivity contribution is 6.06. The van der Waals surface area contributed by atoms with Crippen molar-refractivity contribution < 1.29 is 19.5 Å². The van der Waals surface area contributed by atoms with Crippen molar-refractivity contribution in [3.8, 4) is 0 Å². The lowest BCUT2D eigenvalue weighted by Crippen LogP contribution is -2.53. The molecule has 0 spiro atoms. The van der Waals surface area contributed by atoms with E-state index in [4.69, 9.17) is 0 Å². The largest absolute Gasteiger partial charge is 0.385 e. The number of carbonyl (C=O) groups excluding carboxylic acids is 3. The molecule has 3 N–H and O–H groups in total. The van der Waals surface area contributed by atoms with Crippen molar-refractivity contribution in [3.05, 3.63) is 29.3 Å². The number of aliphatic hydroxyl groups is 1. The van der Waals surface area contributed by atoms with Crippen LogP contribution in [0.2, 0.25) is 0 Å². The number of imide groups is 1. The Hall–Kier alpha value is -2.45. The van der Waals surface area contributed by atoms with E-state index in [9.17, 15) is 19.5 Å². The van der Waals surface area contributed by atoms with Crippen molar-refractivity contribution in [1.82, 2.24) is 15.1 Å². The number of aliphatic hydroxyl groups excluding tert-OH is 1. The minimum Gasteiger partial charge on any atom is -0.385 e. The van der Waals surface area contributed by atoms with Gasteiger partial charge in [-0.15, -0.1) is 0 Å². The van der Waals surface area contributed by atoms with Gasteiger partial charge in [0.05, 0.1) is 0 Å². The van der Waals surface area contributed by atoms with E-state index in [0.717, 1.165) is 32.0 Å². The maximum Gasteiger partial charge on any atom is 0.257 e. The number of amides is 3. The zero-order valence-electron chi connectivity index (χ0n) is 19.5. The first-order valence-corrected chi connectivity index (χ1v) is 12.4. The molecule has 2 atom stereocenters. The van der Waals surface area contributed by atoms with E-state index in [-0.39, 0.29) is 24.7 Å². The van der Waals surface area contributed by atoms with Crippen LogP contribution < -0.4 is 10.6 Å². The average molecular weight is 457 g/mol. The molecule has 2 heterocycles. The third-order valence-electron chi connectivity index (χ3n) is 7.30. The van der Waals surface area contributed by atoms with E-state index in [0.29, 0.717) is 16.8 Å². The summed E-state index contributed by atoms with van der Waals surface area (Å²) >= 11 is 0. The summed E-state index contributed by atoms with van der Waals surface area (Å²) in [5.74, 6) is -0.315. The summed E-state index contributed by atoms with van der Waals surface area (Å²) in [6.07, 6.45) is 8.33. The number of piperidine rings is 1. The van der Waals surface area contributed by atoms with Crippen LogP contribution >= 0.6 is 0 Å². The number of rotatable bonds is 10. The Morgan fingerprint density at radius 2 is 1.88 bits per heavy atom. The van der Waals surface area contributed by atoms with Crippen LogP contribution in [0.1, 0.15) is 79.9 Å². The number of benzene rings is 1. The maximum atomic E-state index is 13.0. The first-order chi connectivity index (χ1) is 16.0. The Bertz CT molecular complexity index is 883. The summed E-state index contributed by atoms with van der Waals surface area (Å²) in [6, 6.07) is 4.47. The molecule has 3 amide bonds. The minimum absolute atomic E-state index is 0.155. The van der Waals surface area contributed by atoms with Crippen LogP contribution in [0.5, 0.6) is 0 Å². The molecular weight excluding hydrogens is 420 g/mol. The molecule has 2 aliphatic heterocycles. The molecule has 4 rings (SSSR count). The zero-order chi connectivity index (χ0) is 23.4. The molecule has 1 saturated heterocycles. The van der Waals surface area contributed by atoms with E-state index in [1.165, 1.54) is 43.4 Å². The van der Waals surface area contributed by atoms with Crippen molar-refractivity contribution in [3.63, 3.8) is 0 Å². The second kappa shape index (κ2) is 10.7. The monoisotopic (exact) mass is 456 g/mol. The molecule has 1 saturated carbocycles. The quantitative estimate of drug-likeness (QED) is 0.370. The lowest BCUT2D eigenvalue weighted by molar-refractivity contribution is -0.139. The van der Waals surface area contributed by atoms with Crippen LogP contribution in [0.4, 0.5) is 5.69 Å². The fourth-order valence-corrected chi connectivity index (χ4v) is 5.47. The Kier molecular flexibility index (Phi) is 7.65. The highest BCUT2D eigenvalue weighted by Crippen LogP contribution is 2.39. The van der Waals surface area contributed by atoms with Crippen molar-refractivity contribution >= 4 is 23.4 Å². The molecule has 8 heteroatoms. The number of nitrogens with one attached hydrogen (secondary N) is 2. The van der Waals surface area contributed by atoms with Crippen LogP contribution in [-0.2, 0) is 9.59 Å². The van der Waals surface area contributed by atoms with Crippen molar-refractivity contribution in [2.45, 2.75) is 70.1 Å². The van der Waals surface area contributed by atoms with Gasteiger partial charge in [0.25, 0.3) is 5.91 Å². The molecule has 1 aromatic carbocycles. The number of fused-ring (bicyclic) bond motifs is 1. The highest BCUT2D eigenvalue weighted by atomic mass is 16.3. The Morgan fingerprint density at radius 1 is 1.12 bits per heavy atom. The molecule has 2 unspecified atom stereocenters. The van der Waals surface area contributed by atoms with Crippen LogP contribution in [0, 0.1) is 5.92 Å². The fraction of sp³-hybridized carbons (Fsp3) is 0.640. The van der Waals surface area contributed by atoms with Gasteiger partial charge in [-0.1, -0.05) is 31.7 Å². The van der Waals surface area contributed by atoms with Gasteiger partial charge in [0, 0.05) is 29.8 Å². The Balaban J connectivity index is 1.28. The van der Waals surface area contributed by atoms with E-state index in [2.05, 4.69) is 22.6 Å². The van der Waals surface area contributed by atoms with Gasteiger partial charge in [0.1, 0.15) is 6.04 Å². The smallest absolute Gasteiger partial charge is 0.257 e. The van der Waals surface area contributed by atoms with Gasteiger partial charge in [-0.25, -0.2) is 0 Å². The normalized spacial score (nSPS) is 23.4. The summed E-state index contributed by atoms with van der Waals surface area (Å²) in [5.41, 5.74) is 1.63. The lowest BCUT2D eigenvalue weighted by Gasteiger charge is -2.32. The molecule has 180 valence electrons. The summed E-state index contributed by atoms with van der Waals surface area (Å²) in [5, 5.41) is 16.6. The van der Waals surface area contributed by atoms with Crippen LogP contribution in [-0.4, -0.2) is 65.4 Å². The van der Waals surface area contributed by atoms with Gasteiger partial charge in [-0.3, -0.25) is 24.6 Å². The average Bonchev–Trinajstić information content (AvgIpc) is 3.39. The fourth-order valence-electron chi connectivity index (χ4n) is 5.47. The van der Waals surface area contributed by atoms with Gasteiger partial charge in [-0.05, 0) is 63.9 Å². The molecule has 1 aliphatic carbocycles. The third-order valence-corrected chi connectivity index (χ3v) is 7.30. The zero-order valence-corrected chi connectivity index (χ0v) is 19.5. The molecular formula is C25H36N4O4. The van der Waals surface area contributed by atoms with Crippen molar-refractivity contribution in [2.24, 2.45) is 5.92 Å². The summed E-state index contributed by atoms with van der Waals surface area (Å²) in [4.78, 5) is 40.3. The number of anilines is 1. The molecule has 2 fully saturated rings. The van der Waals surface area contributed by atoms with Crippen LogP contribution in [0.15, 0.2) is 18.2 Å². The predicted octanol–water partition coefficient (Wildman–Crippen LogP) is 2.64. The number of carbonyl (C=O) groups is 3. The first-order valence-electron chi connectivity index (χ1n) is 12.4. The maximum absolute atomic E-state index is 13.0. The number of nitrogens with zero attached hydrogens (tertiary/aromatic N) is 2. The first kappa shape index (κ1) is 23.7. The summed E-state index contributed by atoms with van der Waals surface area (Å²) in [7, 11) is 2.16. The van der Waals surface area contributed by atoms with Gasteiger partial charge in [-0.2, -0.15) is 0 Å². The Labute approximate surface area is 195 Å². The standard InChI is InChI=1S/C25H36N4O4/c1-28(15-5-9-17-7-2-3-8-17)16-6-14-26-19-11-4-10-18-22(19)25(33)29(24(18)32)20-12-13-21(30)27-23(20)31/h4,10-11,17,20,25-26,33H,2-3,5-9,12-16H2,1H3,(H,27,30,31). The molecule has 3 aliphatic rings. The van der Waals surface area contributed by atoms with Crippen molar-refractivity contribution in [2.75, 3.05) is 32.0 Å². The molecule has 0 aromatic heterocycles. The second-order valence-electron chi connectivity index (χ2n) is 9.70. The lowest BCUT2D eigenvalue weighted by atomic mass is 10.0. The topological polar surface area (TPSA) is 102 Å². The highest BCUT2D eigenvalue weighted by Gasteiger charge is 2.45.